The zero-order chi connectivity index (χ0) is 26.1. The molecule has 3 N–H and O–H groups in total. The summed E-state index contributed by atoms with van der Waals surface area (Å²) in [6, 6.07) is 12.7. The summed E-state index contributed by atoms with van der Waals surface area (Å²) < 4.78 is 38.0. The third kappa shape index (κ3) is 7.33. The Morgan fingerprint density at radius 2 is 1.83 bits per heavy atom. The molecule has 1 saturated heterocycles. The van der Waals surface area contributed by atoms with E-state index in [0.29, 0.717) is 19.0 Å². The summed E-state index contributed by atoms with van der Waals surface area (Å²) in [7, 11) is 3.28. The Morgan fingerprint density at radius 3 is 2.44 bits per heavy atom. The summed E-state index contributed by atoms with van der Waals surface area (Å²) in [5.41, 5.74) is 8.41. The summed E-state index contributed by atoms with van der Waals surface area (Å²) in [5.74, 6) is -0.187. The topological polar surface area (TPSA) is 94.6 Å². The number of ether oxygens (including phenoxy) is 2. The van der Waals surface area contributed by atoms with Gasteiger partial charge < -0.3 is 20.1 Å². The van der Waals surface area contributed by atoms with Gasteiger partial charge in [-0.15, -0.1) is 0 Å². The number of primary amides is 1. The molecule has 0 bridgehead atoms. The van der Waals surface area contributed by atoms with Gasteiger partial charge in [0.05, 0.1) is 24.6 Å². The van der Waals surface area contributed by atoms with E-state index in [0.717, 1.165) is 54.6 Å². The number of benzene rings is 2. The number of halogens is 2. The molecule has 194 valence electrons. The molecule has 1 atom stereocenters. The fourth-order valence-electron chi connectivity index (χ4n) is 4.17. The van der Waals surface area contributed by atoms with Gasteiger partial charge in [0.2, 0.25) is 0 Å². The first kappa shape index (κ1) is 27.3. The molecule has 8 nitrogen and oxygen atoms in total. The van der Waals surface area contributed by atoms with Gasteiger partial charge in [-0.2, -0.15) is 5.10 Å². The molecule has 1 fully saturated rings. The monoisotopic (exact) mass is 501 g/mol. The highest BCUT2D eigenvalue weighted by atomic mass is 19.1. The molecule has 4 rings (SSSR count). The van der Waals surface area contributed by atoms with Gasteiger partial charge in [0.15, 0.2) is 0 Å². The molecule has 10 heteroatoms. The summed E-state index contributed by atoms with van der Waals surface area (Å²) in [4.78, 5) is 13.4. The number of nitrogens with two attached hydrogens (primary N) is 1. The Kier molecular flexibility index (Phi) is 9.92. The Labute approximate surface area is 210 Å². The highest BCUT2D eigenvalue weighted by molar-refractivity contribution is 5.88. The number of anilines is 1. The van der Waals surface area contributed by atoms with E-state index in [-0.39, 0.29) is 5.92 Å². The minimum absolute atomic E-state index is 0.233. The Bertz CT molecular complexity index is 1120. The van der Waals surface area contributed by atoms with Crippen LogP contribution in [0.3, 0.4) is 0 Å². The van der Waals surface area contributed by atoms with Gasteiger partial charge in [0, 0.05) is 38.9 Å². The number of para-hydroxylation sites is 1. The number of hydrogen-bond acceptors (Lipinski definition) is 5. The lowest BCUT2D eigenvalue weighted by Gasteiger charge is -2.15. The van der Waals surface area contributed by atoms with Crippen LogP contribution in [0.1, 0.15) is 29.2 Å². The number of urea groups is 1. The number of hydrogen-bond donors (Lipinski definition) is 2. The average molecular weight is 502 g/mol. The van der Waals surface area contributed by atoms with E-state index in [4.69, 9.17) is 15.2 Å². The second kappa shape index (κ2) is 13.1. The molecular formula is C26H33F2N5O3. The third-order valence-electron chi connectivity index (χ3n) is 5.98. The Morgan fingerprint density at radius 1 is 1.14 bits per heavy atom. The van der Waals surface area contributed by atoms with Gasteiger partial charge in [-0.25, -0.2) is 18.3 Å². The van der Waals surface area contributed by atoms with Gasteiger partial charge in [0.25, 0.3) is 0 Å². The second-order valence-corrected chi connectivity index (χ2v) is 8.57. The maximum atomic E-state index is 13.1. The molecule has 0 aliphatic carbocycles. The van der Waals surface area contributed by atoms with E-state index in [1.807, 2.05) is 37.3 Å². The van der Waals surface area contributed by atoms with Crippen LogP contribution in [0.25, 0.3) is 5.69 Å². The Balaban J connectivity index is 0.000000202. The lowest BCUT2D eigenvalue weighted by atomic mass is 9.98. The van der Waals surface area contributed by atoms with E-state index >= 15 is 0 Å². The number of aromatic nitrogens is 2. The quantitative estimate of drug-likeness (QED) is 0.482. The first-order valence-corrected chi connectivity index (χ1v) is 11.7. The van der Waals surface area contributed by atoms with E-state index in [2.05, 4.69) is 15.3 Å². The Hall–Kier alpha value is -3.34. The number of carbonyl (C=O) groups is 1. The van der Waals surface area contributed by atoms with Gasteiger partial charge in [-0.1, -0.05) is 18.2 Å². The second-order valence-electron chi connectivity index (χ2n) is 8.57. The zero-order valence-corrected chi connectivity index (χ0v) is 20.8. The number of likely N-dealkylation sites (tertiary alicyclic amines) is 1. The zero-order valence-electron chi connectivity index (χ0n) is 20.8. The van der Waals surface area contributed by atoms with Crippen LogP contribution in [-0.2, 0) is 16.1 Å². The van der Waals surface area contributed by atoms with Gasteiger partial charge in [0.1, 0.15) is 17.5 Å². The van der Waals surface area contributed by atoms with E-state index in [9.17, 15) is 13.6 Å². The van der Waals surface area contributed by atoms with E-state index in [1.165, 1.54) is 12.1 Å². The minimum atomic E-state index is -0.621. The van der Waals surface area contributed by atoms with Crippen molar-refractivity contribution >= 4 is 11.8 Å². The molecule has 0 saturated carbocycles. The largest absolute Gasteiger partial charge is 0.383 e. The van der Waals surface area contributed by atoms with Crippen molar-refractivity contribution in [1.29, 1.82) is 0 Å². The number of methoxy groups -OCH3 is 2. The van der Waals surface area contributed by atoms with Gasteiger partial charge in [-0.05, 0) is 55.6 Å². The molecule has 2 heterocycles. The predicted octanol–water partition coefficient (Wildman–Crippen LogP) is 4.22. The summed E-state index contributed by atoms with van der Waals surface area (Å²) in [6.07, 6.45) is 0.951. The SMILES string of the molecule is COCCN1CCC(c2cc(F)cc(F)c2)C1.COCc1nn(-c2ccccc2)c(NC(N)=O)c1C. The van der Waals surface area contributed by atoms with Crippen LogP contribution in [0.2, 0.25) is 0 Å². The number of rotatable bonds is 8. The van der Waals surface area contributed by atoms with Crippen molar-refractivity contribution in [2.24, 2.45) is 5.73 Å². The van der Waals surface area contributed by atoms with Crippen LogP contribution in [-0.4, -0.2) is 61.2 Å². The molecule has 36 heavy (non-hydrogen) atoms. The van der Waals surface area contributed by atoms with Crippen molar-refractivity contribution in [3.8, 4) is 5.69 Å². The van der Waals surface area contributed by atoms with Crippen LogP contribution < -0.4 is 11.1 Å². The summed E-state index contributed by atoms with van der Waals surface area (Å²) in [6.45, 7) is 5.64. The third-order valence-corrected chi connectivity index (χ3v) is 5.98. The van der Waals surface area contributed by atoms with Crippen LogP contribution in [0.15, 0.2) is 48.5 Å². The molecule has 2 amide bonds. The molecule has 1 aliphatic heterocycles. The summed E-state index contributed by atoms with van der Waals surface area (Å²) >= 11 is 0. The molecule has 3 aromatic rings. The molecule has 1 aromatic heterocycles. The maximum Gasteiger partial charge on any atom is 0.317 e. The minimum Gasteiger partial charge on any atom is -0.383 e. The number of nitrogens with zero attached hydrogens (tertiary/aromatic N) is 3. The molecule has 1 unspecified atom stereocenters. The van der Waals surface area contributed by atoms with Crippen molar-refractivity contribution in [2.75, 3.05) is 45.8 Å². The van der Waals surface area contributed by atoms with Crippen molar-refractivity contribution in [1.82, 2.24) is 14.7 Å². The fourth-order valence-corrected chi connectivity index (χ4v) is 4.17. The van der Waals surface area contributed by atoms with Crippen LogP contribution in [0.5, 0.6) is 0 Å². The predicted molar refractivity (Wildman–Crippen MR) is 134 cm³/mol. The number of amides is 2. The first-order chi connectivity index (χ1) is 17.3. The van der Waals surface area contributed by atoms with Gasteiger partial charge >= 0.3 is 6.03 Å². The van der Waals surface area contributed by atoms with Crippen LogP contribution >= 0.6 is 0 Å². The lowest BCUT2D eigenvalue weighted by molar-refractivity contribution is 0.160. The smallest absolute Gasteiger partial charge is 0.317 e. The van der Waals surface area contributed by atoms with Crippen molar-refractivity contribution < 1.29 is 23.0 Å². The summed E-state index contributed by atoms with van der Waals surface area (Å²) in [5, 5.41) is 7.05. The van der Waals surface area contributed by atoms with E-state index in [1.54, 1.807) is 18.9 Å². The molecular weight excluding hydrogens is 468 g/mol. The van der Waals surface area contributed by atoms with Crippen LogP contribution in [0.4, 0.5) is 19.4 Å². The average Bonchev–Trinajstić information content (AvgIpc) is 3.44. The van der Waals surface area contributed by atoms with E-state index < -0.39 is 17.7 Å². The van der Waals surface area contributed by atoms with Crippen LogP contribution in [0, 0.1) is 18.6 Å². The fraction of sp³-hybridized carbons (Fsp3) is 0.385. The highest BCUT2D eigenvalue weighted by Crippen LogP contribution is 2.28. The number of nitrogens with one attached hydrogen (secondary N) is 1. The lowest BCUT2D eigenvalue weighted by Crippen LogP contribution is -2.24. The maximum absolute atomic E-state index is 13.1. The molecule has 0 spiro atoms. The molecule has 1 aliphatic rings. The van der Waals surface area contributed by atoms with Crippen molar-refractivity contribution in [2.45, 2.75) is 25.9 Å². The normalized spacial score (nSPS) is 15.4. The van der Waals surface area contributed by atoms with Gasteiger partial charge in [-0.3, -0.25) is 5.32 Å². The molecule has 0 radical (unpaired) electrons. The first-order valence-electron chi connectivity index (χ1n) is 11.7. The number of carbonyl (C=O) groups excluding carboxylic acids is 1. The van der Waals surface area contributed by atoms with Crippen molar-refractivity contribution in [3.05, 3.63) is 77.0 Å². The molecule has 2 aromatic carbocycles. The standard InChI is InChI=1S/C13H17F2NO.C13H16N4O2/c1-17-5-4-16-3-2-10(9-16)11-6-12(14)8-13(15)7-11;1-9-11(8-19-2)16-17(12(9)15-13(14)18)10-6-4-3-5-7-10/h6-8,10H,2-5,9H2,1H3;3-7H,8H2,1-2H3,(H3,14,15,18). The highest BCUT2D eigenvalue weighted by Gasteiger charge is 2.24. The van der Waals surface area contributed by atoms with Crippen molar-refractivity contribution in [3.63, 3.8) is 0 Å².